The van der Waals surface area contributed by atoms with Gasteiger partial charge in [-0.25, -0.2) is 4.58 Å². The molecule has 2 aromatic carbocycles. The molecule has 3 heteroatoms. The quantitative estimate of drug-likeness (QED) is 0.741. The number of hydrogen-bond acceptors (Lipinski definition) is 1. The highest BCUT2D eigenvalue weighted by molar-refractivity contribution is 6.03. The molecule has 0 aromatic heterocycles. The maximum Gasteiger partial charge on any atom is 0.199 e. The van der Waals surface area contributed by atoms with E-state index >= 15 is 0 Å². The summed E-state index contributed by atoms with van der Waals surface area (Å²) in [5, 5.41) is 0. The van der Waals surface area contributed by atoms with E-state index in [1.807, 2.05) is 86.2 Å². The molecule has 0 saturated carbocycles. The fourth-order valence-corrected chi connectivity index (χ4v) is 2.68. The summed E-state index contributed by atoms with van der Waals surface area (Å²) in [5.74, 6) is 0. The van der Waals surface area contributed by atoms with Crippen LogP contribution in [0.2, 0.25) is 0 Å². The Morgan fingerprint density at radius 1 is 0.846 bits per heavy atom. The van der Waals surface area contributed by atoms with Gasteiger partial charge in [-0.15, -0.1) is 0 Å². The molecular weight excluding hydrogens is 340 g/mol. The molecule has 2 nitrogen and oxygen atoms in total. The summed E-state index contributed by atoms with van der Waals surface area (Å²) in [5.41, 5.74) is 4.43. The smallest absolute Gasteiger partial charge is 0.199 e. The molecule has 26 heavy (non-hydrogen) atoms. The molecule has 0 unspecified atom stereocenters. The zero-order chi connectivity index (χ0) is 22.2. The third-order valence-electron chi connectivity index (χ3n) is 4.09. The molecule has 1 aliphatic carbocycles. The molecule has 0 bridgehead atoms. The van der Waals surface area contributed by atoms with Gasteiger partial charge in [-0.3, -0.25) is 0 Å². The summed E-state index contributed by atoms with van der Waals surface area (Å²) < 4.78 is 43.1. The summed E-state index contributed by atoms with van der Waals surface area (Å²) in [6.07, 6.45) is 7.76. The second-order valence-corrected chi connectivity index (χ2v) is 6.26. The first-order valence-corrected chi connectivity index (χ1v) is 8.13. The predicted octanol–water partition coefficient (Wildman–Crippen LogP) is 1.40. The Morgan fingerprint density at radius 2 is 1.42 bits per heavy atom. The molecule has 0 saturated heterocycles. The van der Waals surface area contributed by atoms with Crippen LogP contribution in [-0.2, 0) is 0 Å². The van der Waals surface area contributed by atoms with Crippen LogP contribution in [0.5, 0.6) is 0 Å². The number of anilines is 1. The van der Waals surface area contributed by atoms with Crippen molar-refractivity contribution in [1.29, 1.82) is 0 Å². The van der Waals surface area contributed by atoms with Crippen LogP contribution in [0.1, 0.15) is 18.0 Å². The molecule has 0 aliphatic heterocycles. The zero-order valence-electron chi connectivity index (χ0n) is 20.4. The molecular formula is C23H25ClN2. The van der Waals surface area contributed by atoms with Crippen LogP contribution in [0.15, 0.2) is 84.4 Å². The summed E-state index contributed by atoms with van der Waals surface area (Å²) in [6.45, 7) is 0. The van der Waals surface area contributed by atoms with Crippen molar-refractivity contribution >= 4 is 17.0 Å². The van der Waals surface area contributed by atoms with Crippen LogP contribution in [0.3, 0.4) is 0 Å². The van der Waals surface area contributed by atoms with Crippen molar-refractivity contribution in [2.75, 3.05) is 33.1 Å². The molecule has 0 radical (unpaired) electrons. The monoisotopic (exact) mass is 369 g/mol. The van der Waals surface area contributed by atoms with E-state index in [-0.39, 0.29) is 48.2 Å². The largest absolute Gasteiger partial charge is 1.00 e. The van der Waals surface area contributed by atoms with Crippen LogP contribution in [0, 0.1) is 0 Å². The topological polar surface area (TPSA) is 6.25 Å². The van der Waals surface area contributed by atoms with Crippen molar-refractivity contribution in [3.8, 4) is 0 Å². The number of halogens is 1. The van der Waals surface area contributed by atoms with Gasteiger partial charge in [0.25, 0.3) is 0 Å². The van der Waals surface area contributed by atoms with Gasteiger partial charge in [0, 0.05) is 31.9 Å². The number of hydrogen-bond donors (Lipinski definition) is 0. The predicted molar refractivity (Wildman–Crippen MR) is 109 cm³/mol. The molecule has 0 fully saturated rings. The third-order valence-corrected chi connectivity index (χ3v) is 4.09. The van der Waals surface area contributed by atoms with E-state index in [9.17, 15) is 0 Å². The van der Waals surface area contributed by atoms with Crippen LogP contribution in [0.4, 0.5) is 5.69 Å². The van der Waals surface area contributed by atoms with Gasteiger partial charge in [0.15, 0.2) is 5.71 Å². The van der Waals surface area contributed by atoms with E-state index in [1.54, 1.807) is 0 Å². The summed E-state index contributed by atoms with van der Waals surface area (Å²) in [6, 6.07) is 6.29. The fraction of sp³-hybridized carbons (Fsp3) is 0.174. The van der Waals surface area contributed by atoms with E-state index in [4.69, 9.17) is 6.85 Å². The van der Waals surface area contributed by atoms with E-state index in [1.165, 1.54) is 0 Å². The number of nitrogens with zero attached hydrogens (tertiary/aromatic N) is 2. The van der Waals surface area contributed by atoms with Gasteiger partial charge in [-0.1, -0.05) is 42.3 Å². The minimum Gasteiger partial charge on any atom is -1.00 e. The van der Waals surface area contributed by atoms with Gasteiger partial charge in [-0.2, -0.15) is 0 Å². The Labute approximate surface area is 169 Å². The van der Waals surface area contributed by atoms with Crippen LogP contribution in [-0.4, -0.2) is 38.5 Å². The highest BCUT2D eigenvalue weighted by Crippen LogP contribution is 2.30. The first kappa shape index (κ1) is 13.6. The van der Waals surface area contributed by atoms with Crippen molar-refractivity contribution in [1.82, 2.24) is 0 Å². The highest BCUT2D eigenvalue weighted by Gasteiger charge is 2.13. The third kappa shape index (κ3) is 4.33. The lowest BCUT2D eigenvalue weighted by Crippen LogP contribution is -3.00. The minimum atomic E-state index is -0.390. The lowest BCUT2D eigenvalue weighted by Gasteiger charge is -2.16. The van der Waals surface area contributed by atoms with Crippen molar-refractivity contribution in [2.24, 2.45) is 0 Å². The molecule has 2 aromatic rings. The number of allylic oxidation sites excluding steroid dienone is 5. The van der Waals surface area contributed by atoms with Gasteiger partial charge in [-0.05, 0) is 46.6 Å². The highest BCUT2D eigenvalue weighted by atomic mass is 35.5. The normalized spacial score (nSPS) is 15.3. The fourth-order valence-electron chi connectivity index (χ4n) is 2.68. The van der Waals surface area contributed by atoms with E-state index in [0.29, 0.717) is 5.57 Å². The number of rotatable bonds is 3. The maximum absolute atomic E-state index is 8.48. The average Bonchev–Trinajstić information content (AvgIpc) is 2.74. The van der Waals surface area contributed by atoms with Gasteiger partial charge in [0.05, 0.1) is 6.85 Å². The molecule has 0 atom stereocenters. The van der Waals surface area contributed by atoms with Crippen molar-refractivity contribution < 1.29 is 23.8 Å². The van der Waals surface area contributed by atoms with Crippen molar-refractivity contribution in [3.63, 3.8) is 0 Å². The Balaban J connectivity index is 0.00000341. The molecule has 0 heterocycles. The first-order valence-electron chi connectivity index (χ1n) is 10.6. The first-order chi connectivity index (χ1) is 14.1. The SMILES string of the molecule is [2H]c1c([2H])c([2H])c(C(=C2C=CC(=[N+](C)C)C=C2)c2ccc(N(C)C)cc2)c([2H])c1[2H].[Cl-]. The summed E-state index contributed by atoms with van der Waals surface area (Å²) in [7, 11) is 7.81. The van der Waals surface area contributed by atoms with Crippen LogP contribution < -0.4 is 17.3 Å². The molecule has 3 rings (SSSR count). The van der Waals surface area contributed by atoms with Crippen LogP contribution in [0.25, 0.3) is 5.57 Å². The van der Waals surface area contributed by atoms with Crippen molar-refractivity contribution in [2.45, 2.75) is 0 Å². The van der Waals surface area contributed by atoms with Gasteiger partial charge in [0.2, 0.25) is 0 Å². The molecule has 134 valence electrons. The van der Waals surface area contributed by atoms with E-state index in [0.717, 1.165) is 22.5 Å². The van der Waals surface area contributed by atoms with E-state index in [2.05, 4.69) is 0 Å². The standard InChI is InChI=1S/C23H25N2.ClH/c1-24(2)21-14-10-19(11-15-21)23(18-8-6-5-7-9-18)20-12-16-22(17-13-20)25(3)4;/h5-17H,1-4H3;1H/q+1;/p-1/i5D,6D,7D,8D,9D;. The van der Waals surface area contributed by atoms with Gasteiger partial charge < -0.3 is 17.3 Å². The average molecular weight is 370 g/mol. The van der Waals surface area contributed by atoms with E-state index < -0.39 is 0 Å². The van der Waals surface area contributed by atoms with Crippen molar-refractivity contribution in [3.05, 3.63) is 95.5 Å². The molecule has 0 amide bonds. The molecule has 1 aliphatic rings. The lowest BCUT2D eigenvalue weighted by molar-refractivity contribution is -0.462. The lowest BCUT2D eigenvalue weighted by atomic mass is 9.90. The maximum atomic E-state index is 8.48. The summed E-state index contributed by atoms with van der Waals surface area (Å²) in [4.78, 5) is 1.99. The molecule has 0 N–H and O–H groups in total. The number of benzene rings is 2. The van der Waals surface area contributed by atoms with Gasteiger partial charge >= 0.3 is 0 Å². The second kappa shape index (κ2) is 8.68. The molecule has 0 spiro atoms. The second-order valence-electron chi connectivity index (χ2n) is 6.26. The minimum absolute atomic E-state index is 0. The Hall–Kier alpha value is -2.58. The van der Waals surface area contributed by atoms with Crippen LogP contribution >= 0.6 is 0 Å². The Morgan fingerprint density at radius 3 is 1.92 bits per heavy atom. The van der Waals surface area contributed by atoms with Gasteiger partial charge in [0.1, 0.15) is 14.1 Å². The summed E-state index contributed by atoms with van der Waals surface area (Å²) >= 11 is 0. The Kier molecular flexibility index (Phi) is 4.54. The zero-order valence-corrected chi connectivity index (χ0v) is 16.1. The Bertz CT molecular complexity index is 1080.